The summed E-state index contributed by atoms with van der Waals surface area (Å²) >= 11 is 0. The third-order valence-corrected chi connectivity index (χ3v) is 2.83. The molecule has 18 heavy (non-hydrogen) atoms. The highest BCUT2D eigenvalue weighted by atomic mass is 19.1. The molecule has 4 nitrogen and oxygen atoms in total. The Morgan fingerprint density at radius 3 is 2.72 bits per heavy atom. The van der Waals surface area contributed by atoms with Crippen molar-refractivity contribution in [3.8, 4) is 0 Å². The van der Waals surface area contributed by atoms with Gasteiger partial charge < -0.3 is 5.32 Å². The Morgan fingerprint density at radius 2 is 2.06 bits per heavy atom. The van der Waals surface area contributed by atoms with Crippen molar-refractivity contribution >= 4 is 11.7 Å². The van der Waals surface area contributed by atoms with E-state index in [1.165, 1.54) is 12.1 Å². The number of hydrogen-bond acceptors (Lipinski definition) is 3. The van der Waals surface area contributed by atoms with E-state index in [1.54, 1.807) is 12.1 Å². The zero-order chi connectivity index (χ0) is 13.0. The van der Waals surface area contributed by atoms with Gasteiger partial charge in [-0.3, -0.25) is 14.5 Å². The van der Waals surface area contributed by atoms with Gasteiger partial charge in [0, 0.05) is 19.5 Å². The van der Waals surface area contributed by atoms with Crippen LogP contribution in [0.2, 0.25) is 0 Å². The molecule has 0 radical (unpaired) electrons. The molecule has 1 aliphatic rings. The lowest BCUT2D eigenvalue weighted by Gasteiger charge is -2.25. The van der Waals surface area contributed by atoms with Crippen LogP contribution in [0.3, 0.4) is 0 Å². The first-order valence-electron chi connectivity index (χ1n) is 5.89. The Hall–Kier alpha value is -1.75. The summed E-state index contributed by atoms with van der Waals surface area (Å²) in [5.41, 5.74) is 0.794. The number of rotatable bonds is 4. The van der Waals surface area contributed by atoms with Crippen LogP contribution in [0.4, 0.5) is 4.39 Å². The lowest BCUT2D eigenvalue weighted by Crippen LogP contribution is -2.49. The third kappa shape index (κ3) is 3.63. The quantitative estimate of drug-likeness (QED) is 0.840. The average molecular weight is 250 g/mol. The summed E-state index contributed by atoms with van der Waals surface area (Å²) in [6.45, 7) is 1.82. The molecule has 0 unspecified atom stereocenters. The number of nitrogens with one attached hydrogen (secondary N) is 1. The monoisotopic (exact) mass is 250 g/mol. The van der Waals surface area contributed by atoms with Gasteiger partial charge in [0.2, 0.25) is 5.91 Å². The maximum atomic E-state index is 12.7. The van der Waals surface area contributed by atoms with Gasteiger partial charge in [-0.1, -0.05) is 12.1 Å². The topological polar surface area (TPSA) is 49.4 Å². The zero-order valence-electron chi connectivity index (χ0n) is 9.99. The predicted molar refractivity (Wildman–Crippen MR) is 64.6 cm³/mol. The van der Waals surface area contributed by atoms with E-state index < -0.39 is 0 Å². The number of halogens is 1. The summed E-state index contributed by atoms with van der Waals surface area (Å²) in [5.74, 6) is -0.314. The lowest BCUT2D eigenvalue weighted by atomic mass is 10.1. The Morgan fingerprint density at radius 1 is 1.33 bits per heavy atom. The molecule has 2 rings (SSSR count). The SMILES string of the molecule is O=C(Cc1ccc(F)cc1)CN1CCNC(=O)C1. The van der Waals surface area contributed by atoms with Crippen LogP contribution < -0.4 is 5.32 Å². The molecule has 1 fully saturated rings. The van der Waals surface area contributed by atoms with Gasteiger partial charge in [0.05, 0.1) is 13.1 Å². The molecule has 1 saturated heterocycles. The summed E-state index contributed by atoms with van der Waals surface area (Å²) < 4.78 is 12.7. The highest BCUT2D eigenvalue weighted by molar-refractivity contribution is 5.84. The molecule has 1 N–H and O–H groups in total. The number of amides is 1. The largest absolute Gasteiger partial charge is 0.354 e. The summed E-state index contributed by atoms with van der Waals surface area (Å²) in [5, 5.41) is 2.71. The van der Waals surface area contributed by atoms with Gasteiger partial charge in [-0.25, -0.2) is 4.39 Å². The molecule has 1 heterocycles. The van der Waals surface area contributed by atoms with Crippen LogP contribution in [0.25, 0.3) is 0 Å². The lowest BCUT2D eigenvalue weighted by molar-refractivity contribution is -0.126. The summed E-state index contributed by atoms with van der Waals surface area (Å²) in [6, 6.07) is 5.90. The van der Waals surface area contributed by atoms with Crippen molar-refractivity contribution in [3.05, 3.63) is 35.6 Å². The molecule has 0 aliphatic carbocycles. The molecule has 0 spiro atoms. The number of carbonyl (C=O) groups is 2. The second kappa shape index (κ2) is 5.73. The minimum atomic E-state index is -0.307. The van der Waals surface area contributed by atoms with E-state index in [0.717, 1.165) is 5.56 Å². The van der Waals surface area contributed by atoms with Crippen LogP contribution >= 0.6 is 0 Å². The van der Waals surface area contributed by atoms with Crippen molar-refractivity contribution < 1.29 is 14.0 Å². The van der Waals surface area contributed by atoms with Gasteiger partial charge in [-0.15, -0.1) is 0 Å². The molecular weight excluding hydrogens is 235 g/mol. The first-order chi connectivity index (χ1) is 8.63. The van der Waals surface area contributed by atoms with Crippen molar-refractivity contribution in [2.24, 2.45) is 0 Å². The molecule has 1 aliphatic heterocycles. The zero-order valence-corrected chi connectivity index (χ0v) is 9.99. The summed E-state index contributed by atoms with van der Waals surface area (Å²) in [6.07, 6.45) is 0.276. The number of piperazine rings is 1. The summed E-state index contributed by atoms with van der Waals surface area (Å²) in [7, 11) is 0. The van der Waals surface area contributed by atoms with Crippen molar-refractivity contribution in [3.63, 3.8) is 0 Å². The molecule has 1 aromatic carbocycles. The van der Waals surface area contributed by atoms with Gasteiger partial charge in [-0.05, 0) is 17.7 Å². The Bertz CT molecular complexity index is 445. The van der Waals surface area contributed by atoms with Gasteiger partial charge in [0.25, 0.3) is 0 Å². The highest BCUT2D eigenvalue weighted by Crippen LogP contribution is 2.05. The maximum absolute atomic E-state index is 12.7. The minimum Gasteiger partial charge on any atom is -0.354 e. The minimum absolute atomic E-state index is 0.0382. The molecule has 5 heteroatoms. The van der Waals surface area contributed by atoms with E-state index in [1.807, 2.05) is 4.90 Å². The fraction of sp³-hybridized carbons (Fsp3) is 0.385. The van der Waals surface area contributed by atoms with Crippen LogP contribution in [0, 0.1) is 5.82 Å². The van der Waals surface area contributed by atoms with Gasteiger partial charge in [-0.2, -0.15) is 0 Å². The molecule has 96 valence electrons. The van der Waals surface area contributed by atoms with Gasteiger partial charge >= 0.3 is 0 Å². The van der Waals surface area contributed by atoms with Crippen molar-refractivity contribution in [2.45, 2.75) is 6.42 Å². The van der Waals surface area contributed by atoms with Crippen LogP contribution in [-0.4, -0.2) is 42.8 Å². The molecular formula is C13H15FN2O2. The van der Waals surface area contributed by atoms with E-state index in [0.29, 0.717) is 13.1 Å². The molecule has 1 aromatic rings. The molecule has 0 aromatic heterocycles. The third-order valence-electron chi connectivity index (χ3n) is 2.83. The predicted octanol–water partition coefficient (Wildman–Crippen LogP) is 0.369. The van der Waals surface area contributed by atoms with E-state index >= 15 is 0 Å². The van der Waals surface area contributed by atoms with Crippen molar-refractivity contribution in [1.29, 1.82) is 0 Å². The molecule has 0 saturated carbocycles. The average Bonchev–Trinajstić information content (AvgIpc) is 2.32. The van der Waals surface area contributed by atoms with Crippen LogP contribution in [-0.2, 0) is 16.0 Å². The standard InChI is InChI=1S/C13H15FN2O2/c14-11-3-1-10(2-4-11)7-12(17)8-16-6-5-15-13(18)9-16/h1-4H,5-9H2,(H,15,18). The first-order valence-corrected chi connectivity index (χ1v) is 5.89. The Kier molecular flexibility index (Phi) is 4.04. The van der Waals surface area contributed by atoms with E-state index in [4.69, 9.17) is 0 Å². The number of carbonyl (C=O) groups excluding carboxylic acids is 2. The smallest absolute Gasteiger partial charge is 0.234 e. The fourth-order valence-electron chi connectivity index (χ4n) is 1.96. The van der Waals surface area contributed by atoms with E-state index in [2.05, 4.69) is 5.32 Å². The van der Waals surface area contributed by atoms with Crippen LogP contribution in [0.15, 0.2) is 24.3 Å². The molecule has 1 amide bonds. The summed E-state index contributed by atoms with van der Waals surface area (Å²) in [4.78, 5) is 24.8. The van der Waals surface area contributed by atoms with E-state index in [-0.39, 0.29) is 37.0 Å². The Balaban J connectivity index is 1.84. The number of ketones is 1. The normalized spacial score (nSPS) is 16.4. The highest BCUT2D eigenvalue weighted by Gasteiger charge is 2.18. The van der Waals surface area contributed by atoms with Gasteiger partial charge in [0.15, 0.2) is 5.78 Å². The second-order valence-electron chi connectivity index (χ2n) is 4.40. The number of nitrogens with zero attached hydrogens (tertiary/aromatic N) is 1. The number of Topliss-reactive ketones (excluding diaryl/α,β-unsaturated/α-hetero) is 1. The van der Waals surface area contributed by atoms with Crippen molar-refractivity contribution in [2.75, 3.05) is 26.2 Å². The fourth-order valence-corrected chi connectivity index (χ4v) is 1.96. The van der Waals surface area contributed by atoms with Gasteiger partial charge in [0.1, 0.15) is 5.82 Å². The van der Waals surface area contributed by atoms with Crippen molar-refractivity contribution in [1.82, 2.24) is 10.2 Å². The Labute approximate surface area is 105 Å². The van der Waals surface area contributed by atoms with Crippen LogP contribution in [0.1, 0.15) is 5.56 Å². The van der Waals surface area contributed by atoms with Crippen LogP contribution in [0.5, 0.6) is 0 Å². The maximum Gasteiger partial charge on any atom is 0.234 e. The molecule has 0 atom stereocenters. The van der Waals surface area contributed by atoms with E-state index in [9.17, 15) is 14.0 Å². The molecule has 0 bridgehead atoms. The number of hydrogen-bond donors (Lipinski definition) is 1. The number of benzene rings is 1. The first kappa shape index (κ1) is 12.7. The second-order valence-corrected chi connectivity index (χ2v) is 4.40.